The first-order chi connectivity index (χ1) is 8.58. The Labute approximate surface area is 113 Å². The summed E-state index contributed by atoms with van der Waals surface area (Å²) in [5.41, 5.74) is 3.44. The minimum absolute atomic E-state index is 0.426. The molecule has 0 atom stereocenters. The fourth-order valence-corrected chi connectivity index (χ4v) is 2.17. The van der Waals surface area contributed by atoms with Gasteiger partial charge in [0.15, 0.2) is 0 Å². The third-order valence-electron chi connectivity index (χ3n) is 2.95. The smallest absolute Gasteiger partial charge is 0.0951 e. The van der Waals surface area contributed by atoms with E-state index in [-0.39, 0.29) is 0 Å². The summed E-state index contributed by atoms with van der Waals surface area (Å²) >= 11 is 5.94. The van der Waals surface area contributed by atoms with Crippen LogP contribution in [0.25, 0.3) is 0 Å². The summed E-state index contributed by atoms with van der Waals surface area (Å²) in [4.78, 5) is 4.19. The Morgan fingerprint density at radius 2 is 2.17 bits per heavy atom. The zero-order chi connectivity index (χ0) is 13.1. The molecule has 4 heteroatoms. The van der Waals surface area contributed by atoms with Crippen molar-refractivity contribution in [3.05, 3.63) is 47.0 Å². The van der Waals surface area contributed by atoms with Gasteiger partial charge >= 0.3 is 0 Å². The summed E-state index contributed by atoms with van der Waals surface area (Å²) < 4.78 is 2.16. The number of benzene rings is 1. The largest absolute Gasteiger partial charge is 0.379 e. The molecular formula is C14H18ClN3. The highest BCUT2D eigenvalue weighted by Gasteiger charge is 2.05. The van der Waals surface area contributed by atoms with E-state index in [2.05, 4.69) is 28.7 Å². The first-order valence-corrected chi connectivity index (χ1v) is 6.46. The molecule has 0 fully saturated rings. The molecule has 2 aromatic rings. The number of halogens is 1. The predicted octanol–water partition coefficient (Wildman–Crippen LogP) is 4.04. The average Bonchev–Trinajstić information content (AvgIpc) is 2.76. The number of aryl methyl sites for hydroxylation is 1. The van der Waals surface area contributed by atoms with Crippen LogP contribution in [-0.4, -0.2) is 9.55 Å². The van der Waals surface area contributed by atoms with Gasteiger partial charge in [0, 0.05) is 22.9 Å². The van der Waals surface area contributed by atoms with Crippen LogP contribution in [0.1, 0.15) is 31.1 Å². The Morgan fingerprint density at radius 3 is 2.83 bits per heavy atom. The van der Waals surface area contributed by atoms with Gasteiger partial charge in [0.2, 0.25) is 0 Å². The van der Waals surface area contributed by atoms with Crippen LogP contribution in [0.15, 0.2) is 30.7 Å². The van der Waals surface area contributed by atoms with E-state index in [1.807, 2.05) is 37.6 Å². The van der Waals surface area contributed by atoms with Crippen molar-refractivity contribution < 1.29 is 0 Å². The SMILES string of the molecule is Cc1cc(Cl)ccc1NCc1cncn1C(C)C. The molecule has 0 aliphatic carbocycles. The molecule has 0 radical (unpaired) electrons. The van der Waals surface area contributed by atoms with Gasteiger partial charge in [0.1, 0.15) is 0 Å². The van der Waals surface area contributed by atoms with Crippen molar-refractivity contribution in [1.82, 2.24) is 9.55 Å². The summed E-state index contributed by atoms with van der Waals surface area (Å²) in [5.74, 6) is 0. The molecule has 18 heavy (non-hydrogen) atoms. The van der Waals surface area contributed by atoms with Crippen LogP contribution in [0.3, 0.4) is 0 Å². The second-order valence-corrected chi connectivity index (χ2v) is 5.14. The lowest BCUT2D eigenvalue weighted by atomic mass is 10.2. The number of imidazole rings is 1. The maximum absolute atomic E-state index is 5.94. The van der Waals surface area contributed by atoms with Gasteiger partial charge in [-0.05, 0) is 44.5 Å². The molecule has 0 aliphatic heterocycles. The molecule has 1 N–H and O–H groups in total. The molecule has 0 amide bonds. The van der Waals surface area contributed by atoms with E-state index in [1.54, 1.807) is 0 Å². The number of anilines is 1. The number of hydrogen-bond donors (Lipinski definition) is 1. The van der Waals surface area contributed by atoms with Crippen molar-refractivity contribution >= 4 is 17.3 Å². The van der Waals surface area contributed by atoms with Crippen LogP contribution in [-0.2, 0) is 6.54 Å². The number of nitrogens with one attached hydrogen (secondary N) is 1. The van der Waals surface area contributed by atoms with Crippen molar-refractivity contribution in [2.75, 3.05) is 5.32 Å². The molecule has 0 bridgehead atoms. The van der Waals surface area contributed by atoms with Gasteiger partial charge in [0.25, 0.3) is 0 Å². The molecule has 0 saturated carbocycles. The molecule has 1 heterocycles. The maximum Gasteiger partial charge on any atom is 0.0951 e. The Hall–Kier alpha value is -1.48. The van der Waals surface area contributed by atoms with Crippen LogP contribution in [0.4, 0.5) is 5.69 Å². The molecule has 1 aromatic carbocycles. The fraction of sp³-hybridized carbons (Fsp3) is 0.357. The zero-order valence-corrected chi connectivity index (χ0v) is 11.7. The number of hydrogen-bond acceptors (Lipinski definition) is 2. The summed E-state index contributed by atoms with van der Waals surface area (Å²) in [5, 5.41) is 4.19. The molecule has 2 rings (SSSR count). The van der Waals surface area contributed by atoms with Crippen LogP contribution in [0.5, 0.6) is 0 Å². The number of nitrogens with zero attached hydrogens (tertiary/aromatic N) is 2. The van der Waals surface area contributed by atoms with Crippen molar-refractivity contribution in [3.8, 4) is 0 Å². The van der Waals surface area contributed by atoms with Crippen molar-refractivity contribution in [3.63, 3.8) is 0 Å². The van der Waals surface area contributed by atoms with Gasteiger partial charge < -0.3 is 9.88 Å². The van der Waals surface area contributed by atoms with Crippen molar-refractivity contribution in [2.24, 2.45) is 0 Å². The quantitative estimate of drug-likeness (QED) is 0.902. The summed E-state index contributed by atoms with van der Waals surface area (Å²) in [6.07, 6.45) is 3.77. The molecule has 0 unspecified atom stereocenters. The Bertz CT molecular complexity index is 532. The first kappa shape index (κ1) is 13.0. The lowest BCUT2D eigenvalue weighted by molar-refractivity contribution is 0.577. The van der Waals surface area contributed by atoms with Crippen LogP contribution in [0, 0.1) is 6.92 Å². The predicted molar refractivity (Wildman–Crippen MR) is 76.1 cm³/mol. The van der Waals surface area contributed by atoms with Gasteiger partial charge in [-0.1, -0.05) is 11.6 Å². The Morgan fingerprint density at radius 1 is 1.39 bits per heavy atom. The number of rotatable bonds is 4. The van der Waals surface area contributed by atoms with Gasteiger partial charge in [-0.25, -0.2) is 4.98 Å². The summed E-state index contributed by atoms with van der Waals surface area (Å²) in [6.45, 7) is 7.12. The third-order valence-corrected chi connectivity index (χ3v) is 3.19. The first-order valence-electron chi connectivity index (χ1n) is 6.08. The summed E-state index contributed by atoms with van der Waals surface area (Å²) in [7, 11) is 0. The van der Waals surface area contributed by atoms with Crippen LogP contribution >= 0.6 is 11.6 Å². The van der Waals surface area contributed by atoms with E-state index in [1.165, 1.54) is 5.69 Å². The lowest BCUT2D eigenvalue weighted by Crippen LogP contribution is -2.09. The van der Waals surface area contributed by atoms with E-state index in [0.29, 0.717) is 6.04 Å². The van der Waals surface area contributed by atoms with Gasteiger partial charge in [-0.2, -0.15) is 0 Å². The van der Waals surface area contributed by atoms with Gasteiger partial charge in [-0.3, -0.25) is 0 Å². The van der Waals surface area contributed by atoms with E-state index in [4.69, 9.17) is 11.6 Å². The minimum Gasteiger partial charge on any atom is -0.379 e. The molecular weight excluding hydrogens is 246 g/mol. The highest BCUT2D eigenvalue weighted by Crippen LogP contribution is 2.20. The van der Waals surface area contributed by atoms with E-state index in [0.717, 1.165) is 22.8 Å². The maximum atomic E-state index is 5.94. The minimum atomic E-state index is 0.426. The second-order valence-electron chi connectivity index (χ2n) is 4.70. The van der Waals surface area contributed by atoms with Gasteiger partial charge in [0.05, 0.1) is 18.6 Å². The van der Waals surface area contributed by atoms with Gasteiger partial charge in [-0.15, -0.1) is 0 Å². The fourth-order valence-electron chi connectivity index (χ4n) is 1.95. The molecule has 3 nitrogen and oxygen atoms in total. The molecule has 0 aliphatic rings. The van der Waals surface area contributed by atoms with Crippen molar-refractivity contribution in [2.45, 2.75) is 33.4 Å². The zero-order valence-electron chi connectivity index (χ0n) is 10.9. The van der Waals surface area contributed by atoms with E-state index < -0.39 is 0 Å². The standard InChI is InChI=1S/C14H18ClN3/c1-10(2)18-9-16-7-13(18)8-17-14-5-4-12(15)6-11(14)3/h4-7,9-10,17H,8H2,1-3H3. The normalized spacial score (nSPS) is 10.9. The molecule has 0 spiro atoms. The molecule has 1 aromatic heterocycles. The highest BCUT2D eigenvalue weighted by atomic mass is 35.5. The Balaban J connectivity index is 2.09. The third kappa shape index (κ3) is 2.85. The van der Waals surface area contributed by atoms with Crippen LogP contribution < -0.4 is 5.32 Å². The Kier molecular flexibility index (Phi) is 3.92. The van der Waals surface area contributed by atoms with Crippen LogP contribution in [0.2, 0.25) is 5.02 Å². The highest BCUT2D eigenvalue weighted by molar-refractivity contribution is 6.30. The lowest BCUT2D eigenvalue weighted by Gasteiger charge is -2.14. The number of aromatic nitrogens is 2. The monoisotopic (exact) mass is 263 g/mol. The van der Waals surface area contributed by atoms with Crippen molar-refractivity contribution in [1.29, 1.82) is 0 Å². The van der Waals surface area contributed by atoms with E-state index >= 15 is 0 Å². The molecule has 0 saturated heterocycles. The summed E-state index contributed by atoms with van der Waals surface area (Å²) in [6, 6.07) is 6.30. The molecule has 96 valence electrons. The second kappa shape index (κ2) is 5.44. The topological polar surface area (TPSA) is 29.9 Å². The average molecular weight is 264 g/mol. The van der Waals surface area contributed by atoms with E-state index in [9.17, 15) is 0 Å².